The lowest BCUT2D eigenvalue weighted by atomic mass is 9.89. The van der Waals surface area contributed by atoms with Crippen LogP contribution in [0.25, 0.3) is 0 Å². The SMILES string of the molecule is COC(=O)C1CC=C(OS(C)(=O)=O)CC1.COC(=O)C1CCC(=O)CC1.O=S(=O)(F)C(F)(F)C(F)(F)C(F)(F)C(F)(F)F. The van der Waals surface area contributed by atoms with Crippen LogP contribution in [0.4, 0.5) is 43.4 Å². The van der Waals surface area contributed by atoms with Gasteiger partial charge in [-0.05, 0) is 31.8 Å². The Morgan fingerprint density at radius 3 is 1.51 bits per heavy atom. The van der Waals surface area contributed by atoms with Gasteiger partial charge in [-0.3, -0.25) is 14.4 Å². The van der Waals surface area contributed by atoms with E-state index in [0.29, 0.717) is 50.7 Å². The highest BCUT2D eigenvalue weighted by Gasteiger charge is 2.85. The summed E-state index contributed by atoms with van der Waals surface area (Å²) >= 11 is 0. The van der Waals surface area contributed by atoms with E-state index in [1.54, 1.807) is 6.08 Å². The van der Waals surface area contributed by atoms with Gasteiger partial charge in [0.1, 0.15) is 11.5 Å². The van der Waals surface area contributed by atoms with Crippen LogP contribution < -0.4 is 0 Å². The second-order valence-corrected chi connectivity index (χ2v) is 11.9. The van der Waals surface area contributed by atoms with Gasteiger partial charge in [-0.15, -0.1) is 0 Å². The van der Waals surface area contributed by atoms with Crippen LogP contribution in [0.2, 0.25) is 0 Å². The molecule has 1 unspecified atom stereocenters. The van der Waals surface area contributed by atoms with Gasteiger partial charge < -0.3 is 13.7 Å². The number of esters is 2. The van der Waals surface area contributed by atoms with Crippen LogP contribution in [0.15, 0.2) is 11.8 Å². The highest BCUT2D eigenvalue weighted by Crippen LogP contribution is 2.54. The number of alkyl halides is 9. The third kappa shape index (κ3) is 11.1. The summed E-state index contributed by atoms with van der Waals surface area (Å²) in [6.45, 7) is 0. The van der Waals surface area contributed by atoms with E-state index in [2.05, 4.69) is 9.47 Å². The van der Waals surface area contributed by atoms with Crippen molar-refractivity contribution in [2.75, 3.05) is 20.5 Å². The van der Waals surface area contributed by atoms with E-state index in [-0.39, 0.29) is 29.6 Å². The number of carbonyl (C=O) groups is 3. The van der Waals surface area contributed by atoms with Crippen LogP contribution in [0.5, 0.6) is 0 Å². The molecule has 0 bridgehead atoms. The van der Waals surface area contributed by atoms with Crippen molar-refractivity contribution in [3.63, 3.8) is 0 Å². The summed E-state index contributed by atoms with van der Waals surface area (Å²) < 4.78 is 172. The van der Waals surface area contributed by atoms with Crippen molar-refractivity contribution in [2.24, 2.45) is 11.8 Å². The van der Waals surface area contributed by atoms with Gasteiger partial charge >= 0.3 is 55.6 Å². The van der Waals surface area contributed by atoms with Gasteiger partial charge in [-0.2, -0.15) is 56.3 Å². The molecule has 1 fully saturated rings. The maximum atomic E-state index is 12.1. The van der Waals surface area contributed by atoms with Crippen molar-refractivity contribution in [1.82, 2.24) is 0 Å². The first-order valence-electron chi connectivity index (χ1n) is 11.6. The van der Waals surface area contributed by atoms with Gasteiger partial charge in [0.25, 0.3) is 0 Å². The topological polar surface area (TPSA) is 147 Å². The quantitative estimate of drug-likeness (QED) is 0.162. The van der Waals surface area contributed by atoms with Crippen LogP contribution in [0, 0.1) is 11.8 Å². The molecule has 0 N–H and O–H groups in total. The summed E-state index contributed by atoms with van der Waals surface area (Å²) in [7, 11) is -8.39. The summed E-state index contributed by atoms with van der Waals surface area (Å²) in [6, 6.07) is 0. The summed E-state index contributed by atoms with van der Waals surface area (Å²) in [6.07, 6.45) is -0.647. The minimum Gasteiger partial charge on any atom is -0.469 e. The Kier molecular flexibility index (Phi) is 14.0. The number of ether oxygens (including phenoxy) is 2. The van der Waals surface area contributed by atoms with Crippen LogP contribution in [-0.4, -0.2) is 78.3 Å². The molecule has 22 heteroatoms. The third-order valence-corrected chi connectivity index (χ3v) is 7.05. The van der Waals surface area contributed by atoms with Crippen molar-refractivity contribution in [1.29, 1.82) is 0 Å². The Bertz CT molecular complexity index is 1240. The number of allylic oxidation sites excluding steroid dienone is 2. The molecule has 0 aromatic carbocycles. The maximum absolute atomic E-state index is 12.1. The minimum atomic E-state index is -7.67. The number of hydrogen-bond acceptors (Lipinski definition) is 10. The molecule has 2 rings (SSSR count). The fraction of sp³-hybridized carbons (Fsp3) is 0.762. The maximum Gasteiger partial charge on any atom is 0.460 e. The van der Waals surface area contributed by atoms with E-state index in [1.165, 1.54) is 14.2 Å². The number of halogens is 10. The zero-order valence-corrected chi connectivity index (χ0v) is 24.0. The normalized spacial score (nSPS) is 19.0. The molecule has 0 saturated heterocycles. The monoisotopic (exact) mass is 692 g/mol. The lowest BCUT2D eigenvalue weighted by Crippen LogP contribution is -2.62. The first-order valence-corrected chi connectivity index (χ1v) is 14.8. The fourth-order valence-corrected chi connectivity index (χ4v) is 4.29. The van der Waals surface area contributed by atoms with Crippen LogP contribution in [-0.2, 0) is 48.4 Å². The highest BCUT2D eigenvalue weighted by molar-refractivity contribution is 7.87. The van der Waals surface area contributed by atoms with E-state index < -0.39 is 43.6 Å². The first-order chi connectivity index (χ1) is 19.2. The Morgan fingerprint density at radius 2 is 1.19 bits per heavy atom. The molecule has 0 amide bonds. The molecule has 252 valence electrons. The van der Waals surface area contributed by atoms with Gasteiger partial charge in [0, 0.05) is 19.3 Å². The molecular formula is C21H26F10O10S2. The van der Waals surface area contributed by atoms with E-state index in [4.69, 9.17) is 4.18 Å². The lowest BCUT2D eigenvalue weighted by molar-refractivity contribution is -0.382. The van der Waals surface area contributed by atoms with Crippen LogP contribution >= 0.6 is 0 Å². The lowest BCUT2D eigenvalue weighted by Gasteiger charge is -2.31. The van der Waals surface area contributed by atoms with Crippen LogP contribution in [0.1, 0.15) is 44.9 Å². The molecule has 0 heterocycles. The fourth-order valence-electron chi connectivity index (χ4n) is 3.32. The molecule has 10 nitrogen and oxygen atoms in total. The average molecular weight is 693 g/mol. The Morgan fingerprint density at radius 1 is 0.767 bits per heavy atom. The molecule has 0 aromatic rings. The molecule has 1 saturated carbocycles. The molecule has 1 atom stereocenters. The second-order valence-electron chi connectivity index (χ2n) is 8.89. The molecule has 0 spiro atoms. The van der Waals surface area contributed by atoms with Gasteiger partial charge in [0.15, 0.2) is 0 Å². The first kappa shape index (κ1) is 40.4. The van der Waals surface area contributed by atoms with Gasteiger partial charge in [-0.25, -0.2) is 0 Å². The Labute approximate surface area is 239 Å². The highest BCUT2D eigenvalue weighted by atomic mass is 32.3. The van der Waals surface area contributed by atoms with Crippen molar-refractivity contribution >= 4 is 38.1 Å². The van der Waals surface area contributed by atoms with Crippen LogP contribution in [0.3, 0.4) is 0 Å². The van der Waals surface area contributed by atoms with Gasteiger partial charge in [0.05, 0.1) is 32.3 Å². The Hall–Kier alpha value is -2.65. The number of rotatable bonds is 7. The molecule has 0 aliphatic heterocycles. The number of carbonyl (C=O) groups excluding carboxylic acids is 3. The van der Waals surface area contributed by atoms with Gasteiger partial charge in [0.2, 0.25) is 0 Å². The summed E-state index contributed by atoms with van der Waals surface area (Å²) in [5, 5.41) is -7.22. The van der Waals surface area contributed by atoms with E-state index in [9.17, 15) is 74.6 Å². The third-order valence-electron chi connectivity index (χ3n) is 5.66. The number of methoxy groups -OCH3 is 2. The zero-order valence-electron chi connectivity index (χ0n) is 22.4. The van der Waals surface area contributed by atoms with Crippen molar-refractivity contribution in [3.05, 3.63) is 11.8 Å². The summed E-state index contributed by atoms with van der Waals surface area (Å²) in [4.78, 5) is 32.9. The molecule has 2 aliphatic rings. The van der Waals surface area contributed by atoms with Crippen molar-refractivity contribution in [2.45, 2.75) is 68.2 Å². The molecule has 2 aliphatic carbocycles. The minimum absolute atomic E-state index is 0.0299. The number of Topliss-reactive ketones (excluding diaryl/α,β-unsaturated/α-hetero) is 1. The number of hydrogen-bond donors (Lipinski definition) is 0. The predicted octanol–water partition coefficient (Wildman–Crippen LogP) is 4.45. The summed E-state index contributed by atoms with van der Waals surface area (Å²) in [5.74, 6) is -14.9. The smallest absolute Gasteiger partial charge is 0.460 e. The zero-order chi connectivity index (χ0) is 34.2. The van der Waals surface area contributed by atoms with Gasteiger partial charge in [-0.1, -0.05) is 3.89 Å². The molecule has 0 aromatic heterocycles. The molecular weight excluding hydrogens is 666 g/mol. The summed E-state index contributed by atoms with van der Waals surface area (Å²) in [5.41, 5.74) is 0. The standard InChI is InChI=1S/C9H14O5S.C8H12O3.C4F10O2S/c1-13-9(10)7-3-5-8(6-4-7)14-15(2,11)12;1-11-8(10)6-2-4-7(9)5-3-6;5-1(6,3(9,10)11)2(7,8)4(12,13)17(14,15)16/h5,7H,3-4,6H2,1-2H3;6H,2-5H2,1H3;. The molecule has 0 radical (unpaired) electrons. The Balaban J connectivity index is 0.000000628. The van der Waals surface area contributed by atoms with E-state index in [0.717, 1.165) is 6.26 Å². The van der Waals surface area contributed by atoms with Crippen molar-refractivity contribution in [3.8, 4) is 0 Å². The van der Waals surface area contributed by atoms with E-state index >= 15 is 0 Å². The van der Waals surface area contributed by atoms with Crippen molar-refractivity contribution < 1.29 is 88.3 Å². The number of ketones is 1. The largest absolute Gasteiger partial charge is 0.469 e. The second kappa shape index (κ2) is 14.9. The molecule has 43 heavy (non-hydrogen) atoms. The average Bonchev–Trinajstić information content (AvgIpc) is 2.87. The van der Waals surface area contributed by atoms with E-state index in [1.807, 2.05) is 0 Å². The predicted molar refractivity (Wildman–Crippen MR) is 123 cm³/mol.